The molecule has 1 N–H and O–H groups in total. The minimum Gasteiger partial charge on any atom is -0.464 e. The predicted octanol–water partition coefficient (Wildman–Crippen LogP) is 1.58. The van der Waals surface area contributed by atoms with E-state index in [1.807, 2.05) is 0 Å². The molecule has 0 spiro atoms. The van der Waals surface area contributed by atoms with Gasteiger partial charge in [-0.1, -0.05) is 0 Å². The van der Waals surface area contributed by atoms with Gasteiger partial charge in [-0.15, -0.1) is 0 Å². The zero-order valence-electron chi connectivity index (χ0n) is 14.1. The summed E-state index contributed by atoms with van der Waals surface area (Å²) in [5.74, 6) is -0.106. The molecule has 0 aromatic carbocycles. The molecule has 0 amide bonds. The Balaban J connectivity index is 1.74. The third-order valence-electron chi connectivity index (χ3n) is 3.91. The van der Waals surface area contributed by atoms with Crippen molar-refractivity contribution in [1.82, 2.24) is 24.1 Å². The van der Waals surface area contributed by atoms with Crippen molar-refractivity contribution in [3.05, 3.63) is 41.3 Å². The molecule has 0 radical (unpaired) electrons. The van der Waals surface area contributed by atoms with Crippen molar-refractivity contribution >= 4 is 33.3 Å². The van der Waals surface area contributed by atoms with Gasteiger partial charge in [0.25, 0.3) is 16.0 Å². The number of hydrogen-bond acceptors (Lipinski definition) is 9. The van der Waals surface area contributed by atoms with Gasteiger partial charge >= 0.3 is 5.97 Å². The number of aromatic nitrogens is 5. The van der Waals surface area contributed by atoms with Crippen LogP contribution in [0, 0.1) is 0 Å². The molecule has 0 atom stereocenters. The number of ether oxygens (including phenoxy) is 1. The van der Waals surface area contributed by atoms with Crippen molar-refractivity contribution in [2.75, 3.05) is 11.8 Å². The van der Waals surface area contributed by atoms with Gasteiger partial charge in [-0.25, -0.2) is 23.2 Å². The molecule has 1 aliphatic rings. The van der Waals surface area contributed by atoms with Crippen LogP contribution in [0.25, 0.3) is 5.95 Å². The number of anilines is 1. The molecular formula is C15H14N6O4S2. The Kier molecular flexibility index (Phi) is 4.36. The molecule has 1 aliphatic carbocycles. The fourth-order valence-corrected chi connectivity index (χ4v) is 4.60. The fourth-order valence-electron chi connectivity index (χ4n) is 2.45. The zero-order valence-corrected chi connectivity index (χ0v) is 15.7. The van der Waals surface area contributed by atoms with E-state index in [2.05, 4.69) is 28.9 Å². The Hall–Kier alpha value is -2.86. The van der Waals surface area contributed by atoms with Crippen LogP contribution in [0.5, 0.6) is 0 Å². The van der Waals surface area contributed by atoms with Crippen LogP contribution in [0.2, 0.25) is 0 Å². The summed E-state index contributed by atoms with van der Waals surface area (Å²) in [6.07, 6.45) is 5.08. The molecule has 1 saturated carbocycles. The second-order valence-corrected chi connectivity index (χ2v) is 8.09. The third-order valence-corrected chi connectivity index (χ3v) is 6.06. The van der Waals surface area contributed by atoms with Crippen LogP contribution >= 0.6 is 11.5 Å². The lowest BCUT2D eigenvalue weighted by molar-refractivity contribution is 0.0591. The average molecular weight is 406 g/mol. The van der Waals surface area contributed by atoms with E-state index in [1.54, 1.807) is 12.1 Å². The number of sulfonamides is 1. The van der Waals surface area contributed by atoms with Crippen molar-refractivity contribution in [3.63, 3.8) is 0 Å². The summed E-state index contributed by atoms with van der Waals surface area (Å²) in [5.41, 5.74) is 0.497. The largest absolute Gasteiger partial charge is 0.464 e. The van der Waals surface area contributed by atoms with E-state index in [0.29, 0.717) is 5.92 Å². The van der Waals surface area contributed by atoms with Crippen LogP contribution in [-0.2, 0) is 14.8 Å². The molecule has 140 valence electrons. The lowest BCUT2D eigenvalue weighted by Crippen LogP contribution is -2.19. The number of hydrogen-bond donors (Lipinski definition) is 1. The Labute approximate surface area is 158 Å². The Bertz CT molecular complexity index is 1090. The van der Waals surface area contributed by atoms with Crippen molar-refractivity contribution in [1.29, 1.82) is 0 Å². The van der Waals surface area contributed by atoms with E-state index in [4.69, 9.17) is 0 Å². The van der Waals surface area contributed by atoms with E-state index < -0.39 is 16.0 Å². The first-order chi connectivity index (χ1) is 13.0. The lowest BCUT2D eigenvalue weighted by atomic mass is 10.3. The second-order valence-electron chi connectivity index (χ2n) is 5.81. The van der Waals surface area contributed by atoms with Crippen LogP contribution in [0.1, 0.15) is 34.9 Å². The molecule has 10 nitrogen and oxygen atoms in total. The normalized spacial score (nSPS) is 14.1. The smallest absolute Gasteiger partial charge is 0.359 e. The van der Waals surface area contributed by atoms with Gasteiger partial charge in [-0.2, -0.15) is 14.2 Å². The molecule has 1 fully saturated rings. The number of methoxy groups -OCH3 is 1. The van der Waals surface area contributed by atoms with Gasteiger partial charge in [-0.3, -0.25) is 4.72 Å². The summed E-state index contributed by atoms with van der Waals surface area (Å²) < 4.78 is 37.9. The zero-order chi connectivity index (χ0) is 19.0. The van der Waals surface area contributed by atoms with Gasteiger partial charge in [0.1, 0.15) is 10.7 Å². The summed E-state index contributed by atoms with van der Waals surface area (Å²) in [5, 5.41) is 5.72. The van der Waals surface area contributed by atoms with Gasteiger partial charge in [0.2, 0.25) is 0 Å². The van der Waals surface area contributed by atoms with Crippen molar-refractivity contribution in [3.8, 4) is 5.95 Å². The Morgan fingerprint density at radius 2 is 2.07 bits per heavy atom. The average Bonchev–Trinajstić information content (AvgIpc) is 3.24. The molecule has 0 bridgehead atoms. The van der Waals surface area contributed by atoms with Gasteiger partial charge in [0, 0.05) is 29.8 Å². The highest BCUT2D eigenvalue weighted by Gasteiger charge is 2.31. The minimum absolute atomic E-state index is 0.185. The number of carbonyl (C=O) groups is 1. The number of nitrogens with one attached hydrogen (secondary N) is 1. The molecule has 3 heterocycles. The monoisotopic (exact) mass is 406 g/mol. The first kappa shape index (κ1) is 17.5. The predicted molar refractivity (Wildman–Crippen MR) is 95.4 cm³/mol. The minimum atomic E-state index is -4.10. The van der Waals surface area contributed by atoms with E-state index >= 15 is 0 Å². The van der Waals surface area contributed by atoms with Crippen LogP contribution in [0.3, 0.4) is 0 Å². The van der Waals surface area contributed by atoms with Crippen LogP contribution in [0.15, 0.2) is 34.8 Å². The highest BCUT2D eigenvalue weighted by molar-refractivity contribution is 7.93. The van der Waals surface area contributed by atoms with Crippen LogP contribution in [0.4, 0.5) is 5.82 Å². The molecule has 3 aromatic heterocycles. The molecule has 12 heteroatoms. The summed E-state index contributed by atoms with van der Waals surface area (Å²) in [6.45, 7) is 0. The number of nitrogens with zero attached hydrogens (tertiary/aromatic N) is 5. The van der Waals surface area contributed by atoms with E-state index in [1.165, 1.54) is 22.5 Å². The molecule has 3 aromatic rings. The van der Waals surface area contributed by atoms with E-state index in [0.717, 1.165) is 37.2 Å². The maximum atomic E-state index is 12.8. The maximum absolute atomic E-state index is 12.8. The molecule has 0 unspecified atom stereocenters. The standard InChI is InChI=1S/C15H14N6O4S2/c1-25-14(22)13-11(8-26-19-13)27(23,24)20-12-7-10(9-3-4-9)18-21(12)15-16-5-2-6-17-15/h2,5-9,20H,3-4H2,1H3. The van der Waals surface area contributed by atoms with Crippen molar-refractivity contribution in [2.24, 2.45) is 0 Å². The number of carbonyl (C=O) groups excluding carboxylic acids is 1. The van der Waals surface area contributed by atoms with Gasteiger partial charge in [0.05, 0.1) is 12.8 Å². The highest BCUT2D eigenvalue weighted by atomic mass is 32.2. The van der Waals surface area contributed by atoms with Crippen molar-refractivity contribution < 1.29 is 17.9 Å². The maximum Gasteiger partial charge on any atom is 0.359 e. The first-order valence-corrected chi connectivity index (χ1v) is 10.2. The van der Waals surface area contributed by atoms with E-state index in [9.17, 15) is 13.2 Å². The van der Waals surface area contributed by atoms with Crippen LogP contribution in [-0.4, -0.2) is 45.6 Å². The Morgan fingerprint density at radius 3 is 2.74 bits per heavy atom. The molecular weight excluding hydrogens is 392 g/mol. The molecule has 0 saturated heterocycles. The summed E-state index contributed by atoms with van der Waals surface area (Å²) in [7, 11) is -2.94. The quantitative estimate of drug-likeness (QED) is 0.611. The molecule has 27 heavy (non-hydrogen) atoms. The van der Waals surface area contributed by atoms with E-state index in [-0.39, 0.29) is 22.4 Å². The molecule has 0 aliphatic heterocycles. The topological polar surface area (TPSA) is 129 Å². The Morgan fingerprint density at radius 1 is 1.33 bits per heavy atom. The SMILES string of the molecule is COC(=O)c1nscc1S(=O)(=O)Nc1cc(C2CC2)nn1-c1ncccn1. The summed E-state index contributed by atoms with van der Waals surface area (Å²) in [6, 6.07) is 3.31. The fraction of sp³-hybridized carbons (Fsp3) is 0.267. The van der Waals surface area contributed by atoms with Crippen LogP contribution < -0.4 is 4.72 Å². The third kappa shape index (κ3) is 3.40. The molecule has 4 rings (SSSR count). The van der Waals surface area contributed by atoms with Crippen molar-refractivity contribution in [2.45, 2.75) is 23.7 Å². The first-order valence-electron chi connectivity index (χ1n) is 7.92. The van der Waals surface area contributed by atoms with Gasteiger partial charge in [-0.05, 0) is 30.4 Å². The second kappa shape index (κ2) is 6.70. The summed E-state index contributed by atoms with van der Waals surface area (Å²) in [4.78, 5) is 19.8. The summed E-state index contributed by atoms with van der Waals surface area (Å²) >= 11 is 0.851. The van der Waals surface area contributed by atoms with Gasteiger partial charge < -0.3 is 4.74 Å². The number of esters is 1. The number of rotatable bonds is 6. The highest BCUT2D eigenvalue weighted by Crippen LogP contribution is 2.40. The van der Waals surface area contributed by atoms with Gasteiger partial charge in [0.15, 0.2) is 5.69 Å². The lowest BCUT2D eigenvalue weighted by Gasteiger charge is -2.09.